The fourth-order valence-corrected chi connectivity index (χ4v) is 5.06. The van der Waals surface area contributed by atoms with Crippen LogP contribution in [-0.4, -0.2) is 33.6 Å². The lowest BCUT2D eigenvalue weighted by Gasteiger charge is -2.25. The number of anilines is 2. The second-order valence-electron chi connectivity index (χ2n) is 6.58. The van der Waals surface area contributed by atoms with E-state index in [-0.39, 0.29) is 16.1 Å². The summed E-state index contributed by atoms with van der Waals surface area (Å²) in [5, 5.41) is 9.23. The number of benzene rings is 2. The smallest absolute Gasteiger partial charge is 0.416 e. The standard InChI is InChI=1S/C18H17F3N2O4S/c1-22(2)12-4-6-13(7-5-12)23-15(10-17(24)25)14-9-11(18(19,20)21)3-8-16(14)28(23,26)27/h3-9,15H,10H2,1-2H3,(H,24,25)/t15-/m0/s1. The van der Waals surface area contributed by atoms with Gasteiger partial charge in [0.2, 0.25) is 0 Å². The largest absolute Gasteiger partial charge is 0.481 e. The second kappa shape index (κ2) is 6.69. The number of alkyl halides is 3. The van der Waals surface area contributed by atoms with Crippen LogP contribution in [0, 0.1) is 0 Å². The maximum atomic E-state index is 13.1. The summed E-state index contributed by atoms with van der Waals surface area (Å²) in [7, 11) is -0.611. The van der Waals surface area contributed by atoms with E-state index in [0.717, 1.165) is 16.1 Å². The maximum absolute atomic E-state index is 13.1. The molecule has 0 aliphatic carbocycles. The quantitative estimate of drug-likeness (QED) is 0.829. The number of hydrogen-bond donors (Lipinski definition) is 1. The molecule has 10 heteroatoms. The third kappa shape index (κ3) is 3.39. The highest BCUT2D eigenvalue weighted by atomic mass is 32.2. The summed E-state index contributed by atoms with van der Waals surface area (Å²) >= 11 is 0. The number of rotatable bonds is 4. The van der Waals surface area contributed by atoms with Gasteiger partial charge in [-0.3, -0.25) is 9.10 Å². The molecule has 0 spiro atoms. The average Bonchev–Trinajstić information content (AvgIpc) is 2.80. The number of nitrogens with zero attached hydrogens (tertiary/aromatic N) is 2. The van der Waals surface area contributed by atoms with E-state index in [4.69, 9.17) is 0 Å². The molecule has 150 valence electrons. The van der Waals surface area contributed by atoms with Crippen LogP contribution in [0.5, 0.6) is 0 Å². The first-order valence-corrected chi connectivity index (χ1v) is 9.61. The molecule has 1 heterocycles. The summed E-state index contributed by atoms with van der Waals surface area (Å²) in [5.74, 6) is -1.32. The van der Waals surface area contributed by atoms with Gasteiger partial charge in [-0.1, -0.05) is 0 Å². The number of carbonyl (C=O) groups is 1. The van der Waals surface area contributed by atoms with E-state index in [9.17, 15) is 31.5 Å². The number of fused-ring (bicyclic) bond motifs is 1. The van der Waals surface area contributed by atoms with E-state index in [0.29, 0.717) is 12.1 Å². The molecule has 6 nitrogen and oxygen atoms in total. The van der Waals surface area contributed by atoms with Crippen molar-refractivity contribution in [2.45, 2.75) is 23.5 Å². The van der Waals surface area contributed by atoms with Gasteiger partial charge < -0.3 is 10.0 Å². The van der Waals surface area contributed by atoms with Crippen LogP contribution < -0.4 is 9.21 Å². The summed E-state index contributed by atoms with van der Waals surface area (Å²) in [6.45, 7) is 0. The van der Waals surface area contributed by atoms with Gasteiger partial charge in [-0.15, -0.1) is 0 Å². The van der Waals surface area contributed by atoms with Crippen LogP contribution >= 0.6 is 0 Å². The minimum atomic E-state index is -4.67. The number of carboxylic acid groups (broad SMARTS) is 1. The number of sulfonamides is 1. The van der Waals surface area contributed by atoms with E-state index in [1.165, 1.54) is 12.1 Å². The van der Waals surface area contributed by atoms with E-state index in [1.54, 1.807) is 31.1 Å². The molecule has 0 amide bonds. The van der Waals surface area contributed by atoms with Crippen LogP contribution in [0.4, 0.5) is 24.5 Å². The van der Waals surface area contributed by atoms with Crippen molar-refractivity contribution in [2.24, 2.45) is 0 Å². The SMILES string of the molecule is CN(C)c1ccc(N2[C@@H](CC(=O)O)c3cc(C(F)(F)F)ccc3S2(=O)=O)cc1. The molecule has 0 fully saturated rings. The van der Waals surface area contributed by atoms with E-state index in [2.05, 4.69) is 0 Å². The van der Waals surface area contributed by atoms with Gasteiger partial charge in [0, 0.05) is 19.8 Å². The van der Waals surface area contributed by atoms with Crippen molar-refractivity contribution in [3.05, 3.63) is 53.6 Å². The van der Waals surface area contributed by atoms with Gasteiger partial charge in [-0.05, 0) is 48.0 Å². The normalized spacial score (nSPS) is 18.0. The van der Waals surface area contributed by atoms with Gasteiger partial charge in [0.05, 0.1) is 28.6 Å². The predicted molar refractivity (Wildman–Crippen MR) is 96.9 cm³/mol. The molecule has 0 aromatic heterocycles. The van der Waals surface area contributed by atoms with Crippen LogP contribution in [0.3, 0.4) is 0 Å². The minimum absolute atomic E-state index is 0.172. The average molecular weight is 414 g/mol. The van der Waals surface area contributed by atoms with Gasteiger partial charge in [-0.25, -0.2) is 8.42 Å². The second-order valence-corrected chi connectivity index (χ2v) is 8.36. The molecule has 1 aliphatic heterocycles. The van der Waals surface area contributed by atoms with Gasteiger partial charge in [0.1, 0.15) is 0 Å². The zero-order chi connectivity index (χ0) is 20.9. The Morgan fingerprint density at radius 1 is 1.14 bits per heavy atom. The predicted octanol–water partition coefficient (Wildman–Crippen LogP) is 3.50. The molecule has 2 aromatic rings. The van der Waals surface area contributed by atoms with Crippen molar-refractivity contribution in [1.29, 1.82) is 0 Å². The van der Waals surface area contributed by atoms with Gasteiger partial charge in [0.15, 0.2) is 0 Å². The lowest BCUT2D eigenvalue weighted by molar-refractivity contribution is -0.138. The van der Waals surface area contributed by atoms with E-state index in [1.807, 2.05) is 0 Å². The summed E-state index contributed by atoms with van der Waals surface area (Å²) in [6, 6.07) is 7.30. The molecule has 0 saturated heterocycles. The Morgan fingerprint density at radius 3 is 2.25 bits per heavy atom. The van der Waals surface area contributed by atoms with Crippen LogP contribution in [-0.2, 0) is 21.0 Å². The molecule has 0 unspecified atom stereocenters. The Bertz CT molecular complexity index is 1020. The van der Waals surface area contributed by atoms with E-state index < -0.39 is 40.2 Å². The third-order valence-corrected chi connectivity index (χ3v) is 6.42. The van der Waals surface area contributed by atoms with Crippen molar-refractivity contribution < 1.29 is 31.5 Å². The molecule has 1 N–H and O–H groups in total. The Morgan fingerprint density at radius 2 is 1.75 bits per heavy atom. The molecule has 0 radical (unpaired) electrons. The molecule has 28 heavy (non-hydrogen) atoms. The van der Waals surface area contributed by atoms with Crippen LogP contribution in [0.25, 0.3) is 0 Å². The molecular weight excluding hydrogens is 397 g/mol. The first-order chi connectivity index (χ1) is 12.9. The zero-order valence-electron chi connectivity index (χ0n) is 14.9. The van der Waals surface area contributed by atoms with Crippen molar-refractivity contribution in [1.82, 2.24) is 0 Å². The van der Waals surface area contributed by atoms with Gasteiger partial charge in [0.25, 0.3) is 10.0 Å². The third-order valence-electron chi connectivity index (χ3n) is 4.50. The van der Waals surface area contributed by atoms with E-state index >= 15 is 0 Å². The highest BCUT2D eigenvalue weighted by Gasteiger charge is 2.45. The van der Waals surface area contributed by atoms with Gasteiger partial charge >= 0.3 is 12.1 Å². The maximum Gasteiger partial charge on any atom is 0.416 e. The number of halogens is 3. The lowest BCUT2D eigenvalue weighted by Crippen LogP contribution is -2.29. The Labute approximate surface area is 159 Å². The minimum Gasteiger partial charge on any atom is -0.481 e. The topological polar surface area (TPSA) is 77.9 Å². The van der Waals surface area contributed by atoms with Crippen LogP contribution in [0.2, 0.25) is 0 Å². The highest BCUT2D eigenvalue weighted by Crippen LogP contribution is 2.46. The molecule has 1 atom stereocenters. The van der Waals surface area contributed by atoms with Crippen LogP contribution in [0.1, 0.15) is 23.6 Å². The molecule has 0 bridgehead atoms. The number of carboxylic acids is 1. The summed E-state index contributed by atoms with van der Waals surface area (Å²) < 4.78 is 66.2. The molecular formula is C18H17F3N2O4S. The Hall–Kier alpha value is -2.75. The molecule has 1 aliphatic rings. The Balaban J connectivity index is 2.17. The van der Waals surface area contributed by atoms with Crippen LogP contribution in [0.15, 0.2) is 47.4 Å². The van der Waals surface area contributed by atoms with Crippen molar-refractivity contribution >= 4 is 27.4 Å². The highest BCUT2D eigenvalue weighted by molar-refractivity contribution is 7.93. The molecule has 3 rings (SSSR count). The fraction of sp³-hybridized carbons (Fsp3) is 0.278. The zero-order valence-corrected chi connectivity index (χ0v) is 15.8. The monoisotopic (exact) mass is 414 g/mol. The fourth-order valence-electron chi connectivity index (χ4n) is 3.19. The first-order valence-electron chi connectivity index (χ1n) is 8.17. The Kier molecular flexibility index (Phi) is 4.78. The van der Waals surface area contributed by atoms with Crippen molar-refractivity contribution in [3.63, 3.8) is 0 Å². The van der Waals surface area contributed by atoms with Gasteiger partial charge in [-0.2, -0.15) is 13.2 Å². The number of aliphatic carboxylic acids is 1. The summed E-state index contributed by atoms with van der Waals surface area (Å²) in [6.07, 6.45) is -5.34. The molecule has 0 saturated carbocycles. The molecule has 2 aromatic carbocycles. The van der Waals surface area contributed by atoms with Crippen molar-refractivity contribution in [3.8, 4) is 0 Å². The first kappa shape index (κ1) is 20.0. The summed E-state index contributed by atoms with van der Waals surface area (Å²) in [5.41, 5.74) is -0.232. The summed E-state index contributed by atoms with van der Waals surface area (Å²) in [4.78, 5) is 12.8. The van der Waals surface area contributed by atoms with Crippen molar-refractivity contribution in [2.75, 3.05) is 23.3 Å². The number of hydrogen-bond acceptors (Lipinski definition) is 4. The lowest BCUT2D eigenvalue weighted by atomic mass is 10.0.